The molecule has 0 amide bonds. The maximum atomic E-state index is 11.1. The topological polar surface area (TPSA) is 115 Å². The van der Waals surface area contributed by atoms with E-state index in [4.69, 9.17) is 19.6 Å². The molecule has 0 heterocycles. The molecular formula is C11H24O6P2. The van der Waals surface area contributed by atoms with Crippen molar-refractivity contribution in [1.29, 1.82) is 0 Å². The molecular weight excluding hydrogens is 290 g/mol. The average molecular weight is 314 g/mol. The monoisotopic (exact) mass is 314 g/mol. The molecule has 114 valence electrons. The second-order valence-corrected chi connectivity index (χ2v) is 8.25. The minimum Gasteiger partial charge on any atom is -0.324 e. The standard InChI is InChI=1S/C11H24O6P2/c1-2-3-4-5-6-7-8-9-11(19(15,16)17)10-18(12,13)14/h7-8,11H,2-6,9-10H2,1H3,(H2,12,13,14)(H2,15,16,17)/b8-7+. The highest BCUT2D eigenvalue weighted by molar-refractivity contribution is 7.56. The van der Waals surface area contributed by atoms with Gasteiger partial charge in [-0.25, -0.2) is 0 Å². The summed E-state index contributed by atoms with van der Waals surface area (Å²) in [6.45, 7) is 2.11. The third kappa shape index (κ3) is 11.6. The van der Waals surface area contributed by atoms with Crippen molar-refractivity contribution in [2.75, 3.05) is 6.16 Å². The van der Waals surface area contributed by atoms with Gasteiger partial charge in [0.15, 0.2) is 0 Å². The van der Waals surface area contributed by atoms with E-state index in [2.05, 4.69) is 6.92 Å². The Morgan fingerprint density at radius 2 is 1.63 bits per heavy atom. The summed E-state index contributed by atoms with van der Waals surface area (Å²) < 4.78 is 22.0. The summed E-state index contributed by atoms with van der Waals surface area (Å²) in [6, 6.07) is 0. The van der Waals surface area contributed by atoms with E-state index in [9.17, 15) is 9.13 Å². The molecule has 1 unspecified atom stereocenters. The Balaban J connectivity index is 4.18. The Kier molecular flexibility index (Phi) is 9.08. The van der Waals surface area contributed by atoms with E-state index >= 15 is 0 Å². The van der Waals surface area contributed by atoms with Crippen molar-refractivity contribution in [3.05, 3.63) is 12.2 Å². The molecule has 0 spiro atoms. The lowest BCUT2D eigenvalue weighted by Crippen LogP contribution is -2.13. The molecule has 0 aromatic heterocycles. The fourth-order valence-corrected chi connectivity index (χ4v) is 4.24. The van der Waals surface area contributed by atoms with Gasteiger partial charge in [-0.2, -0.15) is 0 Å². The van der Waals surface area contributed by atoms with Crippen molar-refractivity contribution in [2.45, 2.75) is 51.1 Å². The third-order valence-corrected chi connectivity index (χ3v) is 5.27. The van der Waals surface area contributed by atoms with E-state index in [0.717, 1.165) is 32.1 Å². The summed E-state index contributed by atoms with van der Waals surface area (Å²) in [5.74, 6) is 0. The summed E-state index contributed by atoms with van der Waals surface area (Å²) in [5.41, 5.74) is -1.31. The Hall–Kier alpha value is 0.0400. The molecule has 6 nitrogen and oxygen atoms in total. The van der Waals surface area contributed by atoms with Crippen molar-refractivity contribution < 1.29 is 28.7 Å². The minimum absolute atomic E-state index is 0.0107. The van der Waals surface area contributed by atoms with Crippen LogP contribution in [0.5, 0.6) is 0 Å². The van der Waals surface area contributed by atoms with Crippen LogP contribution in [-0.4, -0.2) is 31.4 Å². The number of unbranched alkanes of at least 4 members (excludes halogenated alkanes) is 4. The Morgan fingerprint density at radius 3 is 2.11 bits per heavy atom. The molecule has 19 heavy (non-hydrogen) atoms. The predicted octanol–water partition coefficient (Wildman–Crippen LogP) is 2.63. The summed E-state index contributed by atoms with van der Waals surface area (Å²) in [7, 11) is -8.90. The van der Waals surface area contributed by atoms with Gasteiger partial charge in [-0.15, -0.1) is 0 Å². The summed E-state index contributed by atoms with van der Waals surface area (Å²) >= 11 is 0. The van der Waals surface area contributed by atoms with Crippen LogP contribution in [-0.2, 0) is 9.13 Å². The SMILES string of the molecule is CCCCCC/C=C/CC(CP(=O)(O)O)P(=O)(O)O. The second kappa shape index (κ2) is 9.06. The molecule has 8 heteroatoms. The van der Waals surface area contributed by atoms with Gasteiger partial charge in [0, 0.05) is 0 Å². The van der Waals surface area contributed by atoms with Crippen LogP contribution < -0.4 is 0 Å². The maximum Gasteiger partial charge on any atom is 0.329 e. The molecule has 0 saturated carbocycles. The van der Waals surface area contributed by atoms with E-state index in [1.807, 2.05) is 6.08 Å². The second-order valence-electron chi connectivity index (χ2n) is 4.65. The van der Waals surface area contributed by atoms with E-state index in [-0.39, 0.29) is 6.42 Å². The molecule has 0 rings (SSSR count). The van der Waals surface area contributed by atoms with E-state index in [1.165, 1.54) is 0 Å². The Morgan fingerprint density at radius 1 is 1.00 bits per heavy atom. The number of hydrogen-bond donors (Lipinski definition) is 4. The van der Waals surface area contributed by atoms with Crippen LogP contribution in [0, 0.1) is 0 Å². The molecule has 4 N–H and O–H groups in total. The highest BCUT2D eigenvalue weighted by Crippen LogP contribution is 2.50. The smallest absolute Gasteiger partial charge is 0.324 e. The number of hydrogen-bond acceptors (Lipinski definition) is 2. The third-order valence-electron chi connectivity index (χ3n) is 2.72. The first-order valence-electron chi connectivity index (χ1n) is 6.41. The molecule has 1 atom stereocenters. The first-order chi connectivity index (χ1) is 8.67. The number of allylic oxidation sites excluding steroid dienone is 2. The fourth-order valence-electron chi connectivity index (χ4n) is 1.65. The van der Waals surface area contributed by atoms with Gasteiger partial charge in [0.1, 0.15) is 0 Å². The van der Waals surface area contributed by atoms with Crippen LogP contribution in [0.4, 0.5) is 0 Å². The predicted molar refractivity (Wildman–Crippen MR) is 75.3 cm³/mol. The van der Waals surface area contributed by atoms with Crippen LogP contribution in [0.25, 0.3) is 0 Å². The van der Waals surface area contributed by atoms with Crippen LogP contribution in [0.1, 0.15) is 45.4 Å². The molecule has 0 aromatic rings. The zero-order chi connectivity index (χ0) is 14.9. The molecule has 0 saturated heterocycles. The highest BCUT2D eigenvalue weighted by atomic mass is 31.2. The lowest BCUT2D eigenvalue weighted by Gasteiger charge is -2.17. The average Bonchev–Trinajstić information content (AvgIpc) is 2.23. The van der Waals surface area contributed by atoms with E-state index in [0.29, 0.717) is 0 Å². The molecule has 0 aliphatic heterocycles. The van der Waals surface area contributed by atoms with E-state index in [1.54, 1.807) is 6.08 Å². The van der Waals surface area contributed by atoms with Gasteiger partial charge in [-0.1, -0.05) is 38.3 Å². The van der Waals surface area contributed by atoms with Gasteiger partial charge in [-0.05, 0) is 19.3 Å². The van der Waals surface area contributed by atoms with Gasteiger partial charge in [-0.3, -0.25) is 9.13 Å². The molecule has 0 bridgehead atoms. The highest BCUT2D eigenvalue weighted by Gasteiger charge is 2.33. The van der Waals surface area contributed by atoms with Crippen LogP contribution >= 0.6 is 15.2 Å². The minimum atomic E-state index is -4.48. The zero-order valence-electron chi connectivity index (χ0n) is 11.2. The van der Waals surface area contributed by atoms with Crippen LogP contribution in [0.2, 0.25) is 0 Å². The van der Waals surface area contributed by atoms with Crippen molar-refractivity contribution in [1.82, 2.24) is 0 Å². The molecule has 0 aromatic carbocycles. The Bertz CT molecular complexity index is 356. The van der Waals surface area contributed by atoms with Gasteiger partial charge in [0.25, 0.3) is 0 Å². The zero-order valence-corrected chi connectivity index (χ0v) is 13.0. The molecule has 0 fully saturated rings. The summed E-state index contributed by atoms with van der Waals surface area (Å²) in [6.07, 6.45) is 7.89. The van der Waals surface area contributed by atoms with Crippen LogP contribution in [0.3, 0.4) is 0 Å². The number of rotatable bonds is 10. The van der Waals surface area contributed by atoms with Crippen molar-refractivity contribution in [2.24, 2.45) is 0 Å². The van der Waals surface area contributed by atoms with Crippen molar-refractivity contribution >= 4 is 15.2 Å². The summed E-state index contributed by atoms with van der Waals surface area (Å²) in [5, 5.41) is 0. The van der Waals surface area contributed by atoms with E-state index < -0.39 is 27.0 Å². The van der Waals surface area contributed by atoms with Crippen molar-refractivity contribution in [3.8, 4) is 0 Å². The first kappa shape index (κ1) is 19.0. The summed E-state index contributed by atoms with van der Waals surface area (Å²) in [4.78, 5) is 35.7. The van der Waals surface area contributed by atoms with Gasteiger partial charge in [0.2, 0.25) is 0 Å². The Labute approximate surface area is 114 Å². The molecule has 0 aliphatic carbocycles. The lowest BCUT2D eigenvalue weighted by molar-refractivity contribution is 0.346. The fraction of sp³-hybridized carbons (Fsp3) is 0.818. The maximum absolute atomic E-state index is 11.1. The van der Waals surface area contributed by atoms with Gasteiger partial charge < -0.3 is 19.6 Å². The van der Waals surface area contributed by atoms with Gasteiger partial charge in [0.05, 0.1) is 11.8 Å². The largest absolute Gasteiger partial charge is 0.329 e. The van der Waals surface area contributed by atoms with Crippen molar-refractivity contribution in [3.63, 3.8) is 0 Å². The lowest BCUT2D eigenvalue weighted by atomic mass is 10.1. The van der Waals surface area contributed by atoms with Crippen LogP contribution in [0.15, 0.2) is 12.2 Å². The van der Waals surface area contributed by atoms with Gasteiger partial charge >= 0.3 is 15.2 Å². The molecule has 0 radical (unpaired) electrons. The quantitative estimate of drug-likeness (QED) is 0.280. The molecule has 0 aliphatic rings. The normalized spacial score (nSPS) is 15.0. The first-order valence-corrected chi connectivity index (χ1v) is 9.89.